The topological polar surface area (TPSA) is 71.7 Å². The van der Waals surface area contributed by atoms with Crippen molar-refractivity contribution in [1.82, 2.24) is 19.9 Å². The smallest absolute Gasteiger partial charge is 0.254 e. The second kappa shape index (κ2) is 7.00. The van der Waals surface area contributed by atoms with E-state index in [1.165, 1.54) is 0 Å². The summed E-state index contributed by atoms with van der Waals surface area (Å²) in [6.45, 7) is 6.61. The van der Waals surface area contributed by atoms with Crippen molar-refractivity contribution in [3.05, 3.63) is 41.5 Å². The molecule has 1 atom stereocenters. The first kappa shape index (κ1) is 16.4. The van der Waals surface area contributed by atoms with Crippen LogP contribution in [0.5, 0.6) is 5.75 Å². The van der Waals surface area contributed by atoms with Gasteiger partial charge in [0.2, 0.25) is 11.7 Å². The number of likely N-dealkylation sites (N-methyl/N-ethyl adjacent to an activating group) is 1. The summed E-state index contributed by atoms with van der Waals surface area (Å²) in [6, 6.07) is 7.39. The Hall–Kier alpha value is -2.41. The lowest BCUT2D eigenvalue weighted by atomic mass is 10.1. The third-order valence-corrected chi connectivity index (χ3v) is 4.13. The average molecular weight is 330 g/mol. The number of carbonyl (C=O) groups is 1. The zero-order chi connectivity index (χ0) is 17.1. The minimum atomic E-state index is 0.0657. The maximum Gasteiger partial charge on any atom is 0.254 e. The molecule has 2 heterocycles. The van der Waals surface area contributed by atoms with Gasteiger partial charge in [0, 0.05) is 38.2 Å². The summed E-state index contributed by atoms with van der Waals surface area (Å²) in [4.78, 5) is 20.9. The van der Waals surface area contributed by atoms with Crippen LogP contribution in [-0.2, 0) is 6.61 Å². The number of piperazine rings is 1. The lowest BCUT2D eigenvalue weighted by Crippen LogP contribution is -2.52. The van der Waals surface area contributed by atoms with Crippen LogP contribution < -0.4 is 4.74 Å². The molecule has 2 aromatic rings. The van der Waals surface area contributed by atoms with Gasteiger partial charge >= 0.3 is 0 Å². The summed E-state index contributed by atoms with van der Waals surface area (Å²) in [6.07, 6.45) is 0. The molecule has 1 aromatic heterocycles. The van der Waals surface area contributed by atoms with Gasteiger partial charge < -0.3 is 19.1 Å². The Labute approximate surface area is 141 Å². The monoisotopic (exact) mass is 330 g/mol. The first-order valence-electron chi connectivity index (χ1n) is 8.04. The lowest BCUT2D eigenvalue weighted by Gasteiger charge is -2.38. The van der Waals surface area contributed by atoms with E-state index in [1.54, 1.807) is 31.2 Å². The van der Waals surface area contributed by atoms with Crippen LogP contribution in [0.3, 0.4) is 0 Å². The second-order valence-electron chi connectivity index (χ2n) is 6.15. The molecule has 0 N–H and O–H groups in total. The Morgan fingerprint density at radius 1 is 1.33 bits per heavy atom. The molecule has 1 aliphatic rings. The summed E-state index contributed by atoms with van der Waals surface area (Å²) in [5.74, 6) is 1.74. The molecule has 1 aromatic carbocycles. The maximum absolute atomic E-state index is 12.6. The first-order valence-corrected chi connectivity index (χ1v) is 8.04. The highest BCUT2D eigenvalue weighted by Crippen LogP contribution is 2.17. The summed E-state index contributed by atoms with van der Waals surface area (Å²) in [5.41, 5.74) is 0.675. The van der Waals surface area contributed by atoms with Gasteiger partial charge in [-0.15, -0.1) is 0 Å². The molecular formula is C17H22N4O3. The van der Waals surface area contributed by atoms with Crippen LogP contribution in [-0.4, -0.2) is 58.6 Å². The molecule has 7 nitrogen and oxygen atoms in total. The Morgan fingerprint density at radius 2 is 2.08 bits per heavy atom. The standard InChI is InChI=1S/C17H22N4O3/c1-12-10-20(3)8-9-21(12)17(22)14-4-6-15(7-5-14)23-11-16-18-13(2)24-19-16/h4-7,12H,8-11H2,1-3H3/t12-/m1/s1. The van der Waals surface area contributed by atoms with E-state index < -0.39 is 0 Å². The largest absolute Gasteiger partial charge is 0.485 e. The summed E-state index contributed by atoms with van der Waals surface area (Å²) < 4.78 is 10.5. The van der Waals surface area contributed by atoms with Crippen LogP contribution in [0.1, 0.15) is 29.0 Å². The summed E-state index contributed by atoms with van der Waals surface area (Å²) in [5, 5.41) is 3.78. The van der Waals surface area contributed by atoms with Crippen molar-refractivity contribution in [1.29, 1.82) is 0 Å². The number of aromatic nitrogens is 2. The summed E-state index contributed by atoms with van der Waals surface area (Å²) in [7, 11) is 2.08. The number of hydrogen-bond donors (Lipinski definition) is 0. The molecule has 1 aliphatic heterocycles. The Kier molecular flexibility index (Phi) is 4.80. The number of benzene rings is 1. The van der Waals surface area contributed by atoms with Gasteiger partial charge in [-0.25, -0.2) is 0 Å². The minimum absolute atomic E-state index is 0.0657. The molecule has 0 bridgehead atoms. The molecule has 3 rings (SSSR count). The van der Waals surface area contributed by atoms with Crippen LogP contribution in [0.25, 0.3) is 0 Å². The highest BCUT2D eigenvalue weighted by molar-refractivity contribution is 5.94. The lowest BCUT2D eigenvalue weighted by molar-refractivity contribution is 0.0533. The van der Waals surface area contributed by atoms with E-state index in [9.17, 15) is 4.79 Å². The molecule has 1 amide bonds. The SMILES string of the molecule is Cc1nc(COc2ccc(C(=O)N3CCN(C)C[C@H]3C)cc2)no1. The first-order chi connectivity index (χ1) is 11.5. The normalized spacial score (nSPS) is 18.6. The van der Waals surface area contributed by atoms with Gasteiger partial charge in [-0.3, -0.25) is 4.79 Å². The van der Waals surface area contributed by atoms with E-state index in [-0.39, 0.29) is 18.6 Å². The van der Waals surface area contributed by atoms with Crippen molar-refractivity contribution in [3.8, 4) is 5.75 Å². The fourth-order valence-electron chi connectivity index (χ4n) is 2.85. The van der Waals surface area contributed by atoms with Gasteiger partial charge in [0.05, 0.1) is 0 Å². The zero-order valence-corrected chi connectivity index (χ0v) is 14.2. The second-order valence-corrected chi connectivity index (χ2v) is 6.15. The molecule has 0 aliphatic carbocycles. The summed E-state index contributed by atoms with van der Waals surface area (Å²) >= 11 is 0. The predicted molar refractivity (Wildman–Crippen MR) is 87.8 cm³/mol. The third kappa shape index (κ3) is 3.73. The maximum atomic E-state index is 12.6. The van der Waals surface area contributed by atoms with Crippen LogP contribution in [0.4, 0.5) is 0 Å². The molecule has 24 heavy (non-hydrogen) atoms. The molecule has 0 spiro atoms. The number of ether oxygens (including phenoxy) is 1. The third-order valence-electron chi connectivity index (χ3n) is 4.13. The fraction of sp³-hybridized carbons (Fsp3) is 0.471. The highest BCUT2D eigenvalue weighted by atomic mass is 16.5. The quantitative estimate of drug-likeness (QED) is 0.850. The van der Waals surface area contributed by atoms with Crippen molar-refractivity contribution in [2.24, 2.45) is 0 Å². The van der Waals surface area contributed by atoms with Gasteiger partial charge in [-0.2, -0.15) is 4.98 Å². The van der Waals surface area contributed by atoms with Gasteiger partial charge in [0.25, 0.3) is 5.91 Å². The number of carbonyl (C=O) groups excluding carboxylic acids is 1. The van der Waals surface area contributed by atoms with E-state index in [2.05, 4.69) is 29.0 Å². The zero-order valence-electron chi connectivity index (χ0n) is 14.2. The van der Waals surface area contributed by atoms with Gasteiger partial charge in [-0.1, -0.05) is 5.16 Å². The van der Waals surface area contributed by atoms with E-state index in [1.807, 2.05) is 4.90 Å². The molecule has 1 saturated heterocycles. The van der Waals surface area contributed by atoms with Crippen molar-refractivity contribution >= 4 is 5.91 Å². The molecule has 0 radical (unpaired) electrons. The predicted octanol–water partition coefficient (Wildman–Crippen LogP) is 1.73. The number of aryl methyl sites for hydroxylation is 1. The number of amides is 1. The highest BCUT2D eigenvalue weighted by Gasteiger charge is 2.26. The minimum Gasteiger partial charge on any atom is -0.485 e. The fourth-order valence-corrected chi connectivity index (χ4v) is 2.85. The molecule has 0 unspecified atom stereocenters. The molecule has 0 saturated carbocycles. The molecule has 7 heteroatoms. The van der Waals surface area contributed by atoms with E-state index in [4.69, 9.17) is 9.26 Å². The van der Waals surface area contributed by atoms with E-state index >= 15 is 0 Å². The van der Waals surface area contributed by atoms with Crippen molar-refractivity contribution < 1.29 is 14.1 Å². The van der Waals surface area contributed by atoms with Crippen molar-refractivity contribution in [3.63, 3.8) is 0 Å². The van der Waals surface area contributed by atoms with E-state index in [0.29, 0.717) is 23.0 Å². The number of hydrogen-bond acceptors (Lipinski definition) is 6. The van der Waals surface area contributed by atoms with Crippen molar-refractivity contribution in [2.75, 3.05) is 26.7 Å². The van der Waals surface area contributed by atoms with Gasteiger partial charge in [0.15, 0.2) is 6.61 Å². The number of nitrogens with zero attached hydrogens (tertiary/aromatic N) is 4. The average Bonchev–Trinajstić information content (AvgIpc) is 2.98. The molecule has 128 valence electrons. The Balaban J connectivity index is 1.60. The van der Waals surface area contributed by atoms with Crippen LogP contribution >= 0.6 is 0 Å². The molecule has 1 fully saturated rings. The van der Waals surface area contributed by atoms with E-state index in [0.717, 1.165) is 19.6 Å². The Bertz CT molecular complexity index is 698. The Morgan fingerprint density at radius 3 is 2.71 bits per heavy atom. The van der Waals surface area contributed by atoms with Crippen LogP contribution in [0.15, 0.2) is 28.8 Å². The van der Waals surface area contributed by atoms with Crippen LogP contribution in [0.2, 0.25) is 0 Å². The number of rotatable bonds is 4. The van der Waals surface area contributed by atoms with Gasteiger partial charge in [0.1, 0.15) is 5.75 Å². The van der Waals surface area contributed by atoms with Gasteiger partial charge in [-0.05, 0) is 38.2 Å². The van der Waals surface area contributed by atoms with Crippen LogP contribution in [0, 0.1) is 6.92 Å². The van der Waals surface area contributed by atoms with Crippen molar-refractivity contribution in [2.45, 2.75) is 26.5 Å². The molecular weight excluding hydrogens is 308 g/mol.